The highest BCUT2D eigenvalue weighted by Crippen LogP contribution is 2.29. The minimum atomic E-state index is -4.40. The molecule has 31 heavy (non-hydrogen) atoms. The number of halogens is 4. The number of carbonyl (C=O) groups is 1. The van der Waals surface area contributed by atoms with Crippen molar-refractivity contribution < 1.29 is 22.7 Å². The number of amides is 1. The Hall–Kier alpha value is -2.81. The van der Waals surface area contributed by atoms with E-state index in [1.807, 2.05) is 41.3 Å². The number of carbonyl (C=O) groups excluding carboxylic acids is 1. The lowest BCUT2D eigenvalue weighted by Crippen LogP contribution is -2.50. The third-order valence-corrected chi connectivity index (χ3v) is 5.66. The van der Waals surface area contributed by atoms with Crippen molar-refractivity contribution in [3.05, 3.63) is 64.8 Å². The molecule has 0 radical (unpaired) electrons. The van der Waals surface area contributed by atoms with Crippen LogP contribution < -0.4 is 9.64 Å². The smallest absolute Gasteiger partial charge is 0.417 e. The molecule has 1 saturated heterocycles. The molecule has 1 aromatic heterocycles. The van der Waals surface area contributed by atoms with Gasteiger partial charge in [0.2, 0.25) is 0 Å². The highest BCUT2D eigenvalue weighted by atomic mass is 79.9. The minimum Gasteiger partial charge on any atom is -0.484 e. The quantitative estimate of drug-likeness (QED) is 0.526. The van der Waals surface area contributed by atoms with Gasteiger partial charge in [-0.25, -0.2) is 4.98 Å². The second-order valence-electron chi connectivity index (χ2n) is 7.21. The van der Waals surface area contributed by atoms with Crippen molar-refractivity contribution >= 4 is 38.4 Å². The zero-order chi connectivity index (χ0) is 22.0. The number of anilines is 1. The zero-order valence-electron chi connectivity index (χ0n) is 16.4. The standard InChI is InChI=1S/C22H19BrF3N3O2/c23-18-4-1-16-12-19(5-2-15(16)11-18)31-14-21(30)29-9-7-28(8-10-29)20-6-3-17(13-27-20)22(24,25)26/h1-6,11-13H,7-10,14H2. The van der Waals surface area contributed by atoms with Gasteiger partial charge in [0.25, 0.3) is 5.91 Å². The predicted octanol–water partition coefficient (Wildman–Crippen LogP) is 4.74. The number of rotatable bonds is 4. The van der Waals surface area contributed by atoms with E-state index in [0.29, 0.717) is 37.7 Å². The lowest BCUT2D eigenvalue weighted by atomic mass is 10.1. The first-order chi connectivity index (χ1) is 14.8. The highest BCUT2D eigenvalue weighted by molar-refractivity contribution is 9.10. The molecule has 162 valence electrons. The number of ether oxygens (including phenoxy) is 1. The summed E-state index contributed by atoms with van der Waals surface area (Å²) in [4.78, 5) is 20.0. The molecule has 1 fully saturated rings. The Balaban J connectivity index is 1.30. The van der Waals surface area contributed by atoms with Crippen molar-refractivity contribution in [1.29, 1.82) is 0 Å². The van der Waals surface area contributed by atoms with E-state index in [2.05, 4.69) is 20.9 Å². The fourth-order valence-electron chi connectivity index (χ4n) is 3.45. The summed E-state index contributed by atoms with van der Waals surface area (Å²) in [5, 5.41) is 2.09. The molecule has 0 aliphatic carbocycles. The van der Waals surface area contributed by atoms with Crippen LogP contribution in [0.2, 0.25) is 0 Å². The molecule has 2 heterocycles. The second kappa shape index (κ2) is 8.74. The van der Waals surface area contributed by atoms with Crippen LogP contribution in [0.1, 0.15) is 5.56 Å². The minimum absolute atomic E-state index is 0.0689. The van der Waals surface area contributed by atoms with Crippen LogP contribution in [0.3, 0.4) is 0 Å². The van der Waals surface area contributed by atoms with Crippen molar-refractivity contribution in [2.45, 2.75) is 6.18 Å². The van der Waals surface area contributed by atoms with Gasteiger partial charge >= 0.3 is 6.18 Å². The van der Waals surface area contributed by atoms with Gasteiger partial charge in [-0.2, -0.15) is 13.2 Å². The summed E-state index contributed by atoms with van der Waals surface area (Å²) in [6.07, 6.45) is -3.57. The Bertz CT molecular complexity index is 1080. The summed E-state index contributed by atoms with van der Waals surface area (Å²) in [5.41, 5.74) is -0.775. The van der Waals surface area contributed by atoms with Crippen LogP contribution in [0.15, 0.2) is 59.2 Å². The highest BCUT2D eigenvalue weighted by Gasteiger charge is 2.31. The predicted molar refractivity (Wildman–Crippen MR) is 115 cm³/mol. The average Bonchev–Trinajstić information content (AvgIpc) is 2.77. The monoisotopic (exact) mass is 493 g/mol. The fraction of sp³-hybridized carbons (Fsp3) is 0.273. The lowest BCUT2D eigenvalue weighted by Gasteiger charge is -2.35. The molecule has 5 nitrogen and oxygen atoms in total. The van der Waals surface area contributed by atoms with E-state index in [-0.39, 0.29) is 12.5 Å². The van der Waals surface area contributed by atoms with Gasteiger partial charge in [0.15, 0.2) is 6.61 Å². The Morgan fingerprint density at radius 3 is 2.39 bits per heavy atom. The molecule has 1 aliphatic heterocycles. The maximum atomic E-state index is 12.7. The molecule has 1 aliphatic rings. The van der Waals surface area contributed by atoms with Crippen molar-refractivity contribution in [3.63, 3.8) is 0 Å². The molecule has 0 unspecified atom stereocenters. The number of alkyl halides is 3. The van der Waals surface area contributed by atoms with E-state index >= 15 is 0 Å². The van der Waals surface area contributed by atoms with Crippen LogP contribution in [-0.2, 0) is 11.0 Å². The molecule has 2 aromatic carbocycles. The Morgan fingerprint density at radius 1 is 1.00 bits per heavy atom. The summed E-state index contributed by atoms with van der Waals surface area (Å²) < 4.78 is 44.7. The maximum absolute atomic E-state index is 12.7. The number of hydrogen-bond acceptors (Lipinski definition) is 4. The van der Waals surface area contributed by atoms with Crippen molar-refractivity contribution in [2.75, 3.05) is 37.7 Å². The Kier molecular flexibility index (Phi) is 6.04. The lowest BCUT2D eigenvalue weighted by molar-refractivity contribution is -0.138. The number of fused-ring (bicyclic) bond motifs is 1. The largest absolute Gasteiger partial charge is 0.484 e. The Morgan fingerprint density at radius 2 is 1.71 bits per heavy atom. The van der Waals surface area contributed by atoms with Crippen molar-refractivity contribution in [1.82, 2.24) is 9.88 Å². The van der Waals surface area contributed by atoms with Gasteiger partial charge in [-0.05, 0) is 47.2 Å². The van der Waals surface area contributed by atoms with E-state index in [0.717, 1.165) is 27.5 Å². The number of pyridine rings is 1. The van der Waals surface area contributed by atoms with Gasteiger partial charge in [-0.1, -0.05) is 28.1 Å². The first-order valence-electron chi connectivity index (χ1n) is 9.68. The van der Waals surface area contributed by atoms with E-state index in [1.54, 1.807) is 4.90 Å². The number of hydrogen-bond donors (Lipinski definition) is 0. The first kappa shape index (κ1) is 21.4. The molecular weight excluding hydrogens is 475 g/mol. The summed E-state index contributed by atoms with van der Waals surface area (Å²) in [6, 6.07) is 14.0. The SMILES string of the molecule is O=C(COc1ccc2cc(Br)ccc2c1)N1CCN(c2ccc(C(F)(F)F)cn2)CC1. The van der Waals surface area contributed by atoms with Gasteiger partial charge in [0, 0.05) is 36.8 Å². The molecule has 1 amide bonds. The molecule has 0 bridgehead atoms. The second-order valence-corrected chi connectivity index (χ2v) is 8.13. The van der Waals surface area contributed by atoms with Crippen molar-refractivity contribution in [2.24, 2.45) is 0 Å². The number of aromatic nitrogens is 1. The van der Waals surface area contributed by atoms with Gasteiger partial charge in [-0.3, -0.25) is 4.79 Å². The molecule has 3 aromatic rings. The number of nitrogens with zero attached hydrogens (tertiary/aromatic N) is 3. The Labute approximate surface area is 185 Å². The van der Waals surface area contributed by atoms with Crippen LogP contribution in [0, 0.1) is 0 Å². The zero-order valence-corrected chi connectivity index (χ0v) is 18.0. The molecule has 9 heteroatoms. The van der Waals surface area contributed by atoms with Gasteiger partial charge in [-0.15, -0.1) is 0 Å². The molecule has 0 atom stereocenters. The summed E-state index contributed by atoms with van der Waals surface area (Å²) >= 11 is 3.44. The van der Waals surface area contributed by atoms with Crippen LogP contribution in [0.25, 0.3) is 10.8 Å². The summed E-state index contributed by atoms with van der Waals surface area (Å²) in [5.74, 6) is 0.964. The molecular formula is C22H19BrF3N3O2. The van der Waals surface area contributed by atoms with Gasteiger partial charge < -0.3 is 14.5 Å². The summed E-state index contributed by atoms with van der Waals surface area (Å²) in [7, 11) is 0. The number of piperazine rings is 1. The fourth-order valence-corrected chi connectivity index (χ4v) is 3.83. The van der Waals surface area contributed by atoms with Crippen molar-refractivity contribution in [3.8, 4) is 5.75 Å². The molecule has 4 rings (SSSR count). The van der Waals surface area contributed by atoms with Gasteiger partial charge in [0.05, 0.1) is 5.56 Å². The van der Waals surface area contributed by atoms with E-state index < -0.39 is 11.7 Å². The summed E-state index contributed by atoms with van der Waals surface area (Å²) in [6.45, 7) is 1.83. The third kappa shape index (κ3) is 5.10. The maximum Gasteiger partial charge on any atom is 0.417 e. The van der Waals surface area contributed by atoms with Crippen LogP contribution in [-0.4, -0.2) is 48.6 Å². The topological polar surface area (TPSA) is 45.7 Å². The molecule has 0 N–H and O–H groups in total. The van der Waals surface area contributed by atoms with Crippen LogP contribution in [0.5, 0.6) is 5.75 Å². The normalized spacial score (nSPS) is 14.7. The van der Waals surface area contributed by atoms with Gasteiger partial charge in [0.1, 0.15) is 11.6 Å². The average molecular weight is 494 g/mol. The first-order valence-corrected chi connectivity index (χ1v) is 10.5. The molecule has 0 saturated carbocycles. The van der Waals surface area contributed by atoms with Crippen LogP contribution >= 0.6 is 15.9 Å². The van der Waals surface area contributed by atoms with E-state index in [4.69, 9.17) is 4.74 Å². The third-order valence-electron chi connectivity index (χ3n) is 5.17. The molecule has 0 spiro atoms. The number of benzene rings is 2. The van der Waals surface area contributed by atoms with E-state index in [9.17, 15) is 18.0 Å². The van der Waals surface area contributed by atoms with E-state index in [1.165, 1.54) is 6.07 Å². The van der Waals surface area contributed by atoms with Crippen LogP contribution in [0.4, 0.5) is 19.0 Å².